The number of fused-ring (bicyclic) bond motifs is 4. The van der Waals surface area contributed by atoms with E-state index in [9.17, 15) is 4.79 Å². The van der Waals surface area contributed by atoms with Gasteiger partial charge in [-0.15, -0.1) is 24.8 Å². The third-order valence-corrected chi connectivity index (χ3v) is 8.83. The Morgan fingerprint density at radius 3 is 2.50 bits per heavy atom. The van der Waals surface area contributed by atoms with Gasteiger partial charge in [0.1, 0.15) is 5.54 Å². The Morgan fingerprint density at radius 2 is 1.67 bits per heavy atom. The largest absolute Gasteiger partial charge is 0.341 e. The number of para-hydroxylation sites is 1. The Morgan fingerprint density at radius 1 is 0.917 bits per heavy atom. The molecule has 1 atom stereocenters. The summed E-state index contributed by atoms with van der Waals surface area (Å²) in [5, 5.41) is 4.12. The maximum atomic E-state index is 12.9. The van der Waals surface area contributed by atoms with Crippen LogP contribution < -0.4 is 10.2 Å². The smallest absolute Gasteiger partial charge is 0.241 e. The molecule has 1 amide bonds. The zero-order valence-corrected chi connectivity index (χ0v) is 23.1. The fourth-order valence-electron chi connectivity index (χ4n) is 6.77. The number of benzene rings is 2. The lowest BCUT2D eigenvalue weighted by Crippen LogP contribution is -2.58. The van der Waals surface area contributed by atoms with E-state index in [-0.39, 0.29) is 42.4 Å². The molecule has 0 aliphatic carbocycles. The topological polar surface area (TPSA) is 38.8 Å². The van der Waals surface area contributed by atoms with Gasteiger partial charge in [0.25, 0.3) is 0 Å². The Hall–Kier alpha value is -1.50. The van der Waals surface area contributed by atoms with Crippen LogP contribution in [0, 0.1) is 0 Å². The molecule has 4 aliphatic heterocycles. The van der Waals surface area contributed by atoms with E-state index in [1.807, 2.05) is 6.07 Å². The number of nitrogens with zero attached hydrogens (tertiary/aromatic N) is 3. The second-order valence-corrected chi connectivity index (χ2v) is 10.9. The molecule has 0 bridgehead atoms. The summed E-state index contributed by atoms with van der Waals surface area (Å²) >= 11 is 6.34. The summed E-state index contributed by atoms with van der Waals surface area (Å²) in [4.78, 5) is 20.5. The van der Waals surface area contributed by atoms with Crippen molar-refractivity contribution >= 4 is 53.7 Å². The summed E-state index contributed by atoms with van der Waals surface area (Å²) in [6.45, 7) is 5.16. The van der Waals surface area contributed by atoms with E-state index in [1.54, 1.807) is 0 Å². The zero-order valence-electron chi connectivity index (χ0n) is 20.8. The maximum absolute atomic E-state index is 12.9. The molecule has 1 unspecified atom stereocenters. The van der Waals surface area contributed by atoms with Gasteiger partial charge in [-0.25, -0.2) is 0 Å². The van der Waals surface area contributed by atoms with E-state index in [4.69, 9.17) is 11.6 Å². The van der Waals surface area contributed by atoms with Gasteiger partial charge in [-0.05, 0) is 93.3 Å². The predicted molar refractivity (Wildman–Crippen MR) is 152 cm³/mol. The van der Waals surface area contributed by atoms with Crippen LogP contribution in [-0.2, 0) is 17.6 Å². The second-order valence-electron chi connectivity index (χ2n) is 10.5. The summed E-state index contributed by atoms with van der Waals surface area (Å²) in [7, 11) is 0. The molecule has 4 aliphatic rings. The molecule has 196 valence electrons. The van der Waals surface area contributed by atoms with Crippen molar-refractivity contribution in [2.45, 2.75) is 63.1 Å². The number of hydrogen-bond acceptors (Lipinski definition) is 4. The van der Waals surface area contributed by atoms with Gasteiger partial charge in [0.05, 0.1) is 6.17 Å². The van der Waals surface area contributed by atoms with Crippen molar-refractivity contribution in [1.82, 2.24) is 15.1 Å². The molecule has 2 aromatic carbocycles. The number of nitrogens with one attached hydrogen (secondary N) is 1. The van der Waals surface area contributed by atoms with Crippen LogP contribution in [0.3, 0.4) is 0 Å². The van der Waals surface area contributed by atoms with Gasteiger partial charge in [-0.1, -0.05) is 29.8 Å². The van der Waals surface area contributed by atoms with Crippen LogP contribution in [0.25, 0.3) is 0 Å². The minimum atomic E-state index is -0.247. The molecule has 8 heteroatoms. The standard InChI is InChI=1S/C28H35ClN4O.2ClH/c29-23-11-12-25-22(20-23)10-9-21-6-1-2-7-24(21)32(25)16-5-15-31-18-13-28(14-19-31)27(34)30-26-8-3-4-17-33(26)28;;/h1-2,6-7,11-12,20,26H,3-5,8-10,13-19H2,(H,30,34);2*1H. The molecule has 36 heavy (non-hydrogen) atoms. The van der Waals surface area contributed by atoms with Gasteiger partial charge in [0.2, 0.25) is 5.91 Å². The molecule has 0 saturated carbocycles. The quantitative estimate of drug-likeness (QED) is 0.538. The molecule has 3 saturated heterocycles. The number of rotatable bonds is 4. The zero-order chi connectivity index (χ0) is 23.1. The van der Waals surface area contributed by atoms with Gasteiger partial charge in [0.15, 0.2) is 0 Å². The number of carbonyl (C=O) groups is 1. The van der Waals surface area contributed by atoms with Gasteiger partial charge < -0.3 is 15.1 Å². The molecule has 4 heterocycles. The van der Waals surface area contributed by atoms with Crippen molar-refractivity contribution in [2.75, 3.05) is 37.6 Å². The van der Waals surface area contributed by atoms with E-state index in [2.05, 4.69) is 56.4 Å². The molecule has 3 fully saturated rings. The van der Waals surface area contributed by atoms with Gasteiger partial charge in [-0.3, -0.25) is 9.69 Å². The Bertz CT molecular complexity index is 1070. The number of anilines is 2. The normalized spacial score (nSPS) is 23.0. The highest BCUT2D eigenvalue weighted by molar-refractivity contribution is 6.30. The average molecular weight is 552 g/mol. The highest BCUT2D eigenvalue weighted by Crippen LogP contribution is 2.39. The molecule has 6 rings (SSSR count). The molecule has 0 radical (unpaired) electrons. The summed E-state index contributed by atoms with van der Waals surface area (Å²) in [5.41, 5.74) is 5.14. The van der Waals surface area contributed by atoms with Crippen molar-refractivity contribution in [3.05, 3.63) is 58.6 Å². The molecule has 1 N–H and O–H groups in total. The number of amides is 1. The fraction of sp³-hybridized carbons (Fsp3) is 0.536. The predicted octanol–water partition coefficient (Wildman–Crippen LogP) is 5.59. The van der Waals surface area contributed by atoms with Crippen LogP contribution in [0.15, 0.2) is 42.5 Å². The van der Waals surface area contributed by atoms with Crippen molar-refractivity contribution < 1.29 is 4.79 Å². The van der Waals surface area contributed by atoms with Crippen LogP contribution in [0.2, 0.25) is 5.02 Å². The van der Waals surface area contributed by atoms with Crippen LogP contribution in [-0.4, -0.2) is 60.1 Å². The van der Waals surface area contributed by atoms with Gasteiger partial charge in [0, 0.05) is 42.6 Å². The number of hydrogen-bond donors (Lipinski definition) is 1. The number of aryl methyl sites for hydroxylation is 2. The molecular weight excluding hydrogens is 515 g/mol. The Kier molecular flexibility index (Phi) is 8.79. The van der Waals surface area contributed by atoms with Crippen LogP contribution >= 0.6 is 36.4 Å². The van der Waals surface area contributed by atoms with Gasteiger partial charge in [-0.2, -0.15) is 0 Å². The molecule has 1 spiro atoms. The van der Waals surface area contributed by atoms with Crippen molar-refractivity contribution in [3.8, 4) is 0 Å². The summed E-state index contributed by atoms with van der Waals surface area (Å²) < 4.78 is 0. The second kappa shape index (κ2) is 11.5. The number of piperidine rings is 2. The van der Waals surface area contributed by atoms with Crippen molar-refractivity contribution in [3.63, 3.8) is 0 Å². The van der Waals surface area contributed by atoms with Crippen LogP contribution in [0.1, 0.15) is 49.7 Å². The number of carbonyl (C=O) groups excluding carboxylic acids is 1. The summed E-state index contributed by atoms with van der Waals surface area (Å²) in [6.07, 6.45) is 8.95. The number of likely N-dealkylation sites (tertiary alicyclic amines) is 1. The first kappa shape index (κ1) is 27.5. The molecular formula is C28H37Cl3N4O. The van der Waals surface area contributed by atoms with Gasteiger partial charge >= 0.3 is 0 Å². The lowest BCUT2D eigenvalue weighted by molar-refractivity contribution is -0.129. The molecule has 0 aromatic heterocycles. The summed E-state index contributed by atoms with van der Waals surface area (Å²) in [5.74, 6) is 0.287. The van der Waals surface area contributed by atoms with Crippen molar-refractivity contribution in [2.24, 2.45) is 0 Å². The van der Waals surface area contributed by atoms with Crippen LogP contribution in [0.4, 0.5) is 11.4 Å². The highest BCUT2D eigenvalue weighted by Gasteiger charge is 2.54. The third kappa shape index (κ3) is 4.98. The minimum Gasteiger partial charge on any atom is -0.341 e. The van der Waals surface area contributed by atoms with E-state index >= 15 is 0 Å². The minimum absolute atomic E-state index is 0. The lowest BCUT2D eigenvalue weighted by Gasteiger charge is -2.45. The average Bonchev–Trinajstić information content (AvgIpc) is 3.03. The molecule has 5 nitrogen and oxygen atoms in total. The third-order valence-electron chi connectivity index (χ3n) is 8.59. The first-order chi connectivity index (χ1) is 16.6. The lowest BCUT2D eigenvalue weighted by atomic mass is 9.85. The van der Waals surface area contributed by atoms with E-state index in [0.29, 0.717) is 0 Å². The van der Waals surface area contributed by atoms with E-state index in [0.717, 1.165) is 76.3 Å². The Labute approximate surface area is 232 Å². The maximum Gasteiger partial charge on any atom is 0.241 e. The Balaban J connectivity index is 0.00000152. The monoisotopic (exact) mass is 550 g/mol. The van der Waals surface area contributed by atoms with E-state index in [1.165, 1.54) is 35.3 Å². The fourth-order valence-corrected chi connectivity index (χ4v) is 6.96. The number of halogens is 3. The van der Waals surface area contributed by atoms with Crippen molar-refractivity contribution in [1.29, 1.82) is 0 Å². The van der Waals surface area contributed by atoms with Crippen LogP contribution in [0.5, 0.6) is 0 Å². The first-order valence-corrected chi connectivity index (χ1v) is 13.5. The first-order valence-electron chi connectivity index (χ1n) is 13.1. The highest BCUT2D eigenvalue weighted by atomic mass is 35.5. The molecule has 2 aromatic rings. The SMILES string of the molecule is Cl.Cl.O=C1NC2CCCCN2C12CCN(CCCN1c3ccccc3CCc3cc(Cl)ccc31)CC2. The van der Waals surface area contributed by atoms with E-state index < -0.39 is 0 Å². The summed E-state index contributed by atoms with van der Waals surface area (Å²) in [6, 6.07) is 15.2.